The van der Waals surface area contributed by atoms with Crippen LogP contribution in [0.2, 0.25) is 0 Å². The van der Waals surface area contributed by atoms with E-state index in [9.17, 15) is 8.42 Å². The van der Waals surface area contributed by atoms with Gasteiger partial charge in [0.15, 0.2) is 9.84 Å². The third-order valence-electron chi connectivity index (χ3n) is 4.25. The molecule has 0 amide bonds. The quantitative estimate of drug-likeness (QED) is 0.755. The van der Waals surface area contributed by atoms with Crippen LogP contribution in [0.1, 0.15) is 54.6 Å². The number of aryl methyl sites for hydroxylation is 2. The summed E-state index contributed by atoms with van der Waals surface area (Å²) < 4.78 is 24.6. The fraction of sp³-hybridized carbons (Fsp3) is 0.625. The molecule has 2 nitrogen and oxygen atoms in total. The van der Waals surface area contributed by atoms with Gasteiger partial charge >= 0.3 is 0 Å². The standard InChI is InChI=1S/C16H23BrO2S/c1-3-12-8-9-13(4-2)14(11-12)16(17)15-7-5-6-10-20(15,18)19/h8-9,11,15-16H,3-7,10H2,1-2H3. The van der Waals surface area contributed by atoms with Crippen LogP contribution < -0.4 is 0 Å². The molecule has 0 saturated carbocycles. The lowest BCUT2D eigenvalue weighted by molar-refractivity contribution is 0.536. The van der Waals surface area contributed by atoms with E-state index >= 15 is 0 Å². The number of rotatable bonds is 4. The van der Waals surface area contributed by atoms with Gasteiger partial charge in [-0.05, 0) is 42.4 Å². The van der Waals surface area contributed by atoms with Crippen LogP contribution in [0.5, 0.6) is 0 Å². The molecule has 2 atom stereocenters. The lowest BCUT2D eigenvalue weighted by Gasteiger charge is -2.28. The highest BCUT2D eigenvalue weighted by Gasteiger charge is 2.35. The first-order chi connectivity index (χ1) is 9.49. The molecule has 0 bridgehead atoms. The van der Waals surface area contributed by atoms with Crippen LogP contribution in [0.4, 0.5) is 0 Å². The topological polar surface area (TPSA) is 34.1 Å². The highest BCUT2D eigenvalue weighted by Crippen LogP contribution is 2.38. The van der Waals surface area contributed by atoms with Gasteiger partial charge in [-0.1, -0.05) is 54.4 Å². The Morgan fingerprint density at radius 1 is 1.25 bits per heavy atom. The molecular formula is C16H23BrO2S. The van der Waals surface area contributed by atoms with Crippen molar-refractivity contribution in [3.05, 3.63) is 34.9 Å². The molecule has 0 N–H and O–H groups in total. The minimum absolute atomic E-state index is 0.0748. The van der Waals surface area contributed by atoms with Crippen molar-refractivity contribution >= 4 is 25.8 Å². The van der Waals surface area contributed by atoms with E-state index in [0.29, 0.717) is 5.75 Å². The summed E-state index contributed by atoms with van der Waals surface area (Å²) in [5.41, 5.74) is 3.70. The van der Waals surface area contributed by atoms with Crippen molar-refractivity contribution in [2.75, 3.05) is 5.75 Å². The summed E-state index contributed by atoms with van der Waals surface area (Å²) in [5.74, 6) is 0.342. The third kappa shape index (κ3) is 3.28. The zero-order valence-electron chi connectivity index (χ0n) is 12.2. The molecule has 1 aromatic rings. The van der Waals surface area contributed by atoms with Crippen LogP contribution in [0.25, 0.3) is 0 Å². The van der Waals surface area contributed by atoms with E-state index in [1.165, 1.54) is 16.7 Å². The van der Waals surface area contributed by atoms with Gasteiger partial charge in [-0.3, -0.25) is 0 Å². The Balaban J connectivity index is 2.38. The summed E-state index contributed by atoms with van der Waals surface area (Å²) >= 11 is 3.70. The van der Waals surface area contributed by atoms with Crippen LogP contribution in [-0.4, -0.2) is 19.4 Å². The number of hydrogen-bond donors (Lipinski definition) is 0. The second-order valence-corrected chi connectivity index (χ2v) is 8.87. The summed E-state index contributed by atoms with van der Waals surface area (Å²) in [6, 6.07) is 6.48. The first kappa shape index (κ1) is 16.0. The van der Waals surface area contributed by atoms with Crippen molar-refractivity contribution in [1.29, 1.82) is 0 Å². The second kappa shape index (κ2) is 6.61. The number of halogens is 1. The number of sulfone groups is 1. The van der Waals surface area contributed by atoms with E-state index in [2.05, 4.69) is 48.0 Å². The van der Waals surface area contributed by atoms with Crippen LogP contribution in [-0.2, 0) is 22.7 Å². The molecule has 1 aliphatic heterocycles. The van der Waals surface area contributed by atoms with Gasteiger partial charge in [0.05, 0.1) is 15.8 Å². The van der Waals surface area contributed by atoms with Crippen LogP contribution in [0.15, 0.2) is 18.2 Å². The molecular weight excluding hydrogens is 336 g/mol. The molecule has 4 heteroatoms. The van der Waals surface area contributed by atoms with Gasteiger partial charge in [-0.25, -0.2) is 8.42 Å². The summed E-state index contributed by atoms with van der Waals surface area (Å²) in [7, 11) is -2.96. The maximum Gasteiger partial charge on any atom is 0.154 e. The molecule has 0 radical (unpaired) electrons. The third-order valence-corrected chi connectivity index (χ3v) is 8.02. The number of alkyl halides is 1. The molecule has 1 saturated heterocycles. The Morgan fingerprint density at radius 3 is 2.60 bits per heavy atom. The summed E-state index contributed by atoms with van der Waals surface area (Å²) in [5, 5.41) is -0.270. The molecule has 1 aromatic carbocycles. The fourth-order valence-corrected chi connectivity index (χ4v) is 6.57. The average Bonchev–Trinajstić information content (AvgIpc) is 2.45. The Labute approximate surface area is 131 Å². The first-order valence-electron chi connectivity index (χ1n) is 7.47. The van der Waals surface area contributed by atoms with Gasteiger partial charge in [-0.2, -0.15) is 0 Å². The van der Waals surface area contributed by atoms with E-state index in [-0.39, 0.29) is 10.1 Å². The molecule has 1 heterocycles. The Bertz CT molecular complexity index is 566. The van der Waals surface area contributed by atoms with Crippen LogP contribution in [0, 0.1) is 0 Å². The predicted molar refractivity (Wildman–Crippen MR) is 88.3 cm³/mol. The van der Waals surface area contributed by atoms with E-state index in [1.807, 2.05) is 0 Å². The first-order valence-corrected chi connectivity index (χ1v) is 10.1. The summed E-state index contributed by atoms with van der Waals surface area (Å²) in [6.07, 6.45) is 4.52. The van der Waals surface area contributed by atoms with Gasteiger partial charge < -0.3 is 0 Å². The van der Waals surface area contributed by atoms with E-state index in [0.717, 1.165) is 32.1 Å². The lowest BCUT2D eigenvalue weighted by atomic mass is 9.96. The molecule has 1 fully saturated rings. The largest absolute Gasteiger partial charge is 0.228 e. The maximum atomic E-state index is 12.3. The molecule has 0 spiro atoms. The smallest absolute Gasteiger partial charge is 0.154 e. The van der Waals surface area contributed by atoms with E-state index < -0.39 is 9.84 Å². The normalized spacial score (nSPS) is 23.4. The lowest BCUT2D eigenvalue weighted by Crippen LogP contribution is -2.32. The molecule has 0 aliphatic carbocycles. The van der Waals surface area contributed by atoms with Gasteiger partial charge in [0.1, 0.15) is 0 Å². The van der Waals surface area contributed by atoms with Gasteiger partial charge in [0.25, 0.3) is 0 Å². The van der Waals surface area contributed by atoms with Gasteiger partial charge in [-0.15, -0.1) is 0 Å². The van der Waals surface area contributed by atoms with Crippen molar-refractivity contribution in [3.63, 3.8) is 0 Å². The van der Waals surface area contributed by atoms with E-state index in [1.54, 1.807) is 0 Å². The number of hydrogen-bond acceptors (Lipinski definition) is 2. The zero-order chi connectivity index (χ0) is 14.8. The molecule has 2 unspecified atom stereocenters. The summed E-state index contributed by atoms with van der Waals surface area (Å²) in [6.45, 7) is 4.25. The van der Waals surface area contributed by atoms with Crippen molar-refractivity contribution in [2.45, 2.75) is 56.0 Å². The minimum Gasteiger partial charge on any atom is -0.228 e. The highest BCUT2D eigenvalue weighted by molar-refractivity contribution is 9.09. The Hall–Kier alpha value is -0.350. The van der Waals surface area contributed by atoms with E-state index in [4.69, 9.17) is 0 Å². The molecule has 1 aliphatic rings. The SMILES string of the molecule is CCc1ccc(CC)c(C(Br)C2CCCCS2(=O)=O)c1. The predicted octanol–water partition coefficient (Wildman–Crippen LogP) is 4.21. The van der Waals surface area contributed by atoms with Crippen molar-refractivity contribution in [2.24, 2.45) is 0 Å². The summed E-state index contributed by atoms with van der Waals surface area (Å²) in [4.78, 5) is -0.0748. The minimum atomic E-state index is -2.96. The molecule has 20 heavy (non-hydrogen) atoms. The maximum absolute atomic E-state index is 12.3. The zero-order valence-corrected chi connectivity index (χ0v) is 14.6. The molecule has 0 aromatic heterocycles. The fourth-order valence-electron chi connectivity index (χ4n) is 2.95. The Morgan fingerprint density at radius 2 is 2.00 bits per heavy atom. The highest BCUT2D eigenvalue weighted by atomic mass is 79.9. The number of benzene rings is 1. The van der Waals surface area contributed by atoms with Gasteiger partial charge in [0, 0.05) is 0 Å². The van der Waals surface area contributed by atoms with Crippen molar-refractivity contribution < 1.29 is 8.42 Å². The molecule has 112 valence electrons. The van der Waals surface area contributed by atoms with Crippen LogP contribution >= 0.6 is 15.9 Å². The monoisotopic (exact) mass is 358 g/mol. The second-order valence-electron chi connectivity index (χ2n) is 5.54. The van der Waals surface area contributed by atoms with Crippen LogP contribution in [0.3, 0.4) is 0 Å². The average molecular weight is 359 g/mol. The van der Waals surface area contributed by atoms with Gasteiger partial charge in [0.2, 0.25) is 0 Å². The Kier molecular flexibility index (Phi) is 5.30. The molecule has 2 rings (SSSR count). The van der Waals surface area contributed by atoms with Crippen molar-refractivity contribution in [3.8, 4) is 0 Å². The van der Waals surface area contributed by atoms with Crippen molar-refractivity contribution in [1.82, 2.24) is 0 Å².